The normalized spacial score (nSPS) is 13.5. The molecule has 0 saturated carbocycles. The fourth-order valence-corrected chi connectivity index (χ4v) is 2.23. The molecule has 1 heterocycles. The minimum Gasteiger partial charge on any atom is -0.489 e. The molecule has 5 heteroatoms. The van der Waals surface area contributed by atoms with Gasteiger partial charge < -0.3 is 9.64 Å². The lowest BCUT2D eigenvalue weighted by Crippen LogP contribution is -2.24. The molecule has 0 radical (unpaired) electrons. The van der Waals surface area contributed by atoms with Crippen LogP contribution in [0.5, 0.6) is 5.75 Å². The van der Waals surface area contributed by atoms with Gasteiger partial charge in [0.05, 0.1) is 11.3 Å². The van der Waals surface area contributed by atoms with E-state index in [1.807, 2.05) is 0 Å². The van der Waals surface area contributed by atoms with Crippen LogP contribution in [-0.4, -0.2) is 18.7 Å². The summed E-state index contributed by atoms with van der Waals surface area (Å²) in [5.74, 6) is -1.03. The van der Waals surface area contributed by atoms with Crippen molar-refractivity contribution in [3.8, 4) is 5.75 Å². The predicted molar refractivity (Wildman–Crippen MR) is 74.9 cm³/mol. The van der Waals surface area contributed by atoms with Gasteiger partial charge >= 0.3 is 0 Å². The third kappa shape index (κ3) is 2.27. The van der Waals surface area contributed by atoms with Crippen LogP contribution in [0, 0.1) is 5.82 Å². The van der Waals surface area contributed by atoms with Crippen LogP contribution >= 0.6 is 0 Å². The van der Waals surface area contributed by atoms with Gasteiger partial charge in [0, 0.05) is 12.6 Å². The number of ether oxygens (including phenoxy) is 1. The third-order valence-corrected chi connectivity index (χ3v) is 3.43. The first-order valence-corrected chi connectivity index (χ1v) is 6.40. The van der Waals surface area contributed by atoms with Crippen LogP contribution < -0.4 is 9.64 Å². The summed E-state index contributed by atoms with van der Waals surface area (Å²) in [5, 5.41) is 0. The van der Waals surface area contributed by atoms with Crippen molar-refractivity contribution < 1.29 is 18.7 Å². The highest BCUT2D eigenvalue weighted by molar-refractivity contribution is 6.52. The Bertz CT molecular complexity index is 742. The van der Waals surface area contributed by atoms with Crippen molar-refractivity contribution in [1.29, 1.82) is 0 Å². The Kier molecular flexibility index (Phi) is 3.17. The number of carbonyl (C=O) groups excluding carboxylic acids is 2. The molecule has 4 nitrogen and oxygen atoms in total. The summed E-state index contributed by atoms with van der Waals surface area (Å²) in [6.07, 6.45) is 0. The van der Waals surface area contributed by atoms with E-state index < -0.39 is 11.7 Å². The highest BCUT2D eigenvalue weighted by Crippen LogP contribution is 2.31. The average Bonchev–Trinajstić information content (AvgIpc) is 2.71. The van der Waals surface area contributed by atoms with Crippen LogP contribution in [0.3, 0.4) is 0 Å². The molecule has 0 spiro atoms. The Labute approximate surface area is 120 Å². The van der Waals surface area contributed by atoms with Crippen molar-refractivity contribution in [3.63, 3.8) is 0 Å². The van der Waals surface area contributed by atoms with Gasteiger partial charge in [-0.3, -0.25) is 9.59 Å². The lowest BCUT2D eigenvalue weighted by molar-refractivity contribution is -0.114. The summed E-state index contributed by atoms with van der Waals surface area (Å²) in [5.41, 5.74) is 1.30. The second-order valence-electron chi connectivity index (χ2n) is 4.75. The third-order valence-electron chi connectivity index (χ3n) is 3.43. The van der Waals surface area contributed by atoms with Gasteiger partial charge in [-0.2, -0.15) is 0 Å². The first-order chi connectivity index (χ1) is 10.1. The largest absolute Gasteiger partial charge is 0.489 e. The Balaban J connectivity index is 1.82. The molecule has 0 saturated heterocycles. The van der Waals surface area contributed by atoms with E-state index in [0.29, 0.717) is 22.6 Å². The number of carbonyl (C=O) groups is 2. The Morgan fingerprint density at radius 2 is 1.90 bits per heavy atom. The molecule has 1 amide bonds. The number of anilines is 1. The first-order valence-electron chi connectivity index (χ1n) is 6.40. The van der Waals surface area contributed by atoms with Crippen LogP contribution in [0.2, 0.25) is 0 Å². The van der Waals surface area contributed by atoms with Crippen molar-refractivity contribution >= 4 is 17.4 Å². The number of rotatable bonds is 3. The van der Waals surface area contributed by atoms with E-state index in [-0.39, 0.29) is 12.4 Å². The number of nitrogens with zero attached hydrogens (tertiary/aromatic N) is 1. The number of halogens is 1. The van der Waals surface area contributed by atoms with Gasteiger partial charge in [0.1, 0.15) is 18.2 Å². The van der Waals surface area contributed by atoms with E-state index in [4.69, 9.17) is 4.74 Å². The molecular weight excluding hydrogens is 273 g/mol. The zero-order valence-corrected chi connectivity index (χ0v) is 11.3. The SMILES string of the molecule is CN1C(=O)C(=O)c2cc(OCc3ccccc3F)ccc21. The minimum absolute atomic E-state index is 0.0590. The quantitative estimate of drug-likeness (QED) is 0.814. The number of benzene rings is 2. The molecule has 0 bridgehead atoms. The van der Waals surface area contributed by atoms with E-state index in [1.54, 1.807) is 37.4 Å². The minimum atomic E-state index is -0.559. The van der Waals surface area contributed by atoms with Gasteiger partial charge in [0.25, 0.3) is 11.7 Å². The molecule has 1 aliphatic rings. The second-order valence-corrected chi connectivity index (χ2v) is 4.75. The zero-order valence-electron chi connectivity index (χ0n) is 11.3. The van der Waals surface area contributed by atoms with Crippen molar-refractivity contribution in [2.75, 3.05) is 11.9 Å². The molecule has 0 aliphatic carbocycles. The maximum absolute atomic E-state index is 13.5. The zero-order chi connectivity index (χ0) is 15.0. The Morgan fingerprint density at radius 1 is 1.14 bits per heavy atom. The van der Waals surface area contributed by atoms with Crippen LogP contribution in [0.4, 0.5) is 10.1 Å². The van der Waals surface area contributed by atoms with E-state index in [2.05, 4.69) is 0 Å². The molecular formula is C16H12FNO3. The van der Waals surface area contributed by atoms with Gasteiger partial charge in [-0.05, 0) is 24.3 Å². The molecule has 0 unspecified atom stereocenters. The highest BCUT2D eigenvalue weighted by atomic mass is 19.1. The fourth-order valence-electron chi connectivity index (χ4n) is 2.23. The lowest BCUT2D eigenvalue weighted by Gasteiger charge is -2.10. The first kappa shape index (κ1) is 13.3. The lowest BCUT2D eigenvalue weighted by atomic mass is 10.1. The van der Waals surface area contributed by atoms with Gasteiger partial charge in [-0.1, -0.05) is 18.2 Å². The van der Waals surface area contributed by atoms with E-state index in [9.17, 15) is 14.0 Å². The van der Waals surface area contributed by atoms with E-state index in [1.165, 1.54) is 17.0 Å². The fraction of sp³-hybridized carbons (Fsp3) is 0.125. The molecule has 0 atom stereocenters. The summed E-state index contributed by atoms with van der Waals surface area (Å²) in [6.45, 7) is 0.0590. The molecule has 2 aromatic carbocycles. The number of ketones is 1. The van der Waals surface area contributed by atoms with E-state index >= 15 is 0 Å². The predicted octanol–water partition coefficient (Wildman–Crippen LogP) is 2.56. The Hall–Kier alpha value is -2.69. The molecule has 0 aromatic heterocycles. The van der Waals surface area contributed by atoms with Gasteiger partial charge in [0.15, 0.2) is 0 Å². The van der Waals surface area contributed by atoms with Crippen LogP contribution in [0.15, 0.2) is 42.5 Å². The molecule has 106 valence electrons. The summed E-state index contributed by atoms with van der Waals surface area (Å²) in [4.78, 5) is 24.7. The molecule has 0 N–H and O–H groups in total. The maximum atomic E-state index is 13.5. The summed E-state index contributed by atoms with van der Waals surface area (Å²) < 4.78 is 19.0. The summed E-state index contributed by atoms with van der Waals surface area (Å²) >= 11 is 0. The van der Waals surface area contributed by atoms with Gasteiger partial charge in [0.2, 0.25) is 0 Å². The number of hydrogen-bond acceptors (Lipinski definition) is 3. The van der Waals surface area contributed by atoms with Gasteiger partial charge in [-0.15, -0.1) is 0 Å². The topological polar surface area (TPSA) is 46.6 Å². The van der Waals surface area contributed by atoms with Crippen molar-refractivity contribution in [2.24, 2.45) is 0 Å². The van der Waals surface area contributed by atoms with Crippen molar-refractivity contribution in [3.05, 3.63) is 59.4 Å². The molecule has 0 fully saturated rings. The number of likely N-dealkylation sites (N-methyl/N-ethyl adjacent to an activating group) is 1. The summed E-state index contributed by atoms with van der Waals surface area (Å²) in [7, 11) is 1.55. The monoisotopic (exact) mass is 285 g/mol. The molecule has 2 aromatic rings. The highest BCUT2D eigenvalue weighted by Gasteiger charge is 2.33. The van der Waals surface area contributed by atoms with E-state index in [0.717, 1.165) is 0 Å². The number of hydrogen-bond donors (Lipinski definition) is 0. The van der Waals surface area contributed by atoms with Crippen LogP contribution in [-0.2, 0) is 11.4 Å². The smallest absolute Gasteiger partial charge is 0.299 e. The number of Topliss-reactive ketones (excluding diaryl/α,β-unsaturated/α-hetero) is 1. The van der Waals surface area contributed by atoms with Gasteiger partial charge in [-0.25, -0.2) is 4.39 Å². The van der Waals surface area contributed by atoms with Crippen LogP contribution in [0.1, 0.15) is 15.9 Å². The van der Waals surface area contributed by atoms with Crippen molar-refractivity contribution in [1.82, 2.24) is 0 Å². The molecule has 21 heavy (non-hydrogen) atoms. The average molecular weight is 285 g/mol. The maximum Gasteiger partial charge on any atom is 0.299 e. The molecule has 3 rings (SSSR count). The molecule has 1 aliphatic heterocycles. The number of fused-ring (bicyclic) bond motifs is 1. The Morgan fingerprint density at radius 3 is 2.67 bits per heavy atom. The number of amides is 1. The van der Waals surface area contributed by atoms with Crippen molar-refractivity contribution in [2.45, 2.75) is 6.61 Å². The second kappa shape index (κ2) is 5.01. The summed E-state index contributed by atoms with van der Waals surface area (Å²) in [6, 6.07) is 11.1. The standard InChI is InChI=1S/C16H12FNO3/c1-18-14-7-6-11(8-12(14)15(19)16(18)20)21-9-10-4-2-3-5-13(10)17/h2-8H,9H2,1H3. The van der Waals surface area contributed by atoms with Crippen LogP contribution in [0.25, 0.3) is 0 Å².